The van der Waals surface area contributed by atoms with E-state index < -0.39 is 0 Å². The summed E-state index contributed by atoms with van der Waals surface area (Å²) >= 11 is 0. The second-order valence-electron chi connectivity index (χ2n) is 4.26. The maximum atomic E-state index is 13.7. The Morgan fingerprint density at radius 3 is 2.43 bits per heavy atom. The molecule has 2 aromatic rings. The zero-order chi connectivity index (χ0) is 15.2. The lowest BCUT2D eigenvalue weighted by Crippen LogP contribution is -1.92. The summed E-state index contributed by atoms with van der Waals surface area (Å²) in [5.41, 5.74) is 1.35. The molecule has 106 valence electrons. The number of benzene rings is 2. The average molecular weight is 283 g/mol. The van der Waals surface area contributed by atoms with Crippen molar-refractivity contribution in [3.8, 4) is 17.6 Å². The number of nitriles is 1. The van der Waals surface area contributed by atoms with Crippen LogP contribution in [0.15, 0.2) is 42.5 Å². The minimum absolute atomic E-state index is 0.348. The molecule has 0 saturated heterocycles. The van der Waals surface area contributed by atoms with Gasteiger partial charge in [-0.1, -0.05) is 18.2 Å². The molecule has 0 heterocycles. The SMILES string of the molecule is COc1ccc(C(C#N)=Cc2ccccc2F)cc1OC. The summed E-state index contributed by atoms with van der Waals surface area (Å²) < 4.78 is 24.0. The predicted molar refractivity (Wildman–Crippen MR) is 79.4 cm³/mol. The molecule has 0 saturated carbocycles. The number of nitrogens with zero attached hydrogens (tertiary/aromatic N) is 1. The Hall–Kier alpha value is -2.80. The van der Waals surface area contributed by atoms with Crippen LogP contribution in [0.5, 0.6) is 11.5 Å². The minimum atomic E-state index is -0.370. The standard InChI is InChI=1S/C17H14FNO2/c1-20-16-8-7-12(10-17(16)21-2)14(11-19)9-13-5-3-4-6-15(13)18/h3-10H,1-2H3. The van der Waals surface area contributed by atoms with Crippen molar-refractivity contribution in [3.05, 3.63) is 59.4 Å². The molecule has 0 fully saturated rings. The van der Waals surface area contributed by atoms with Crippen molar-refractivity contribution in [1.29, 1.82) is 5.26 Å². The zero-order valence-corrected chi connectivity index (χ0v) is 11.8. The highest BCUT2D eigenvalue weighted by Gasteiger charge is 2.09. The molecule has 2 aromatic carbocycles. The molecule has 0 atom stereocenters. The molecule has 3 nitrogen and oxygen atoms in total. The van der Waals surface area contributed by atoms with Crippen molar-refractivity contribution in [2.75, 3.05) is 14.2 Å². The monoisotopic (exact) mass is 283 g/mol. The van der Waals surface area contributed by atoms with Crippen LogP contribution in [0.3, 0.4) is 0 Å². The van der Waals surface area contributed by atoms with Crippen molar-refractivity contribution >= 4 is 11.6 Å². The molecule has 0 aliphatic carbocycles. The first-order valence-electron chi connectivity index (χ1n) is 6.28. The molecule has 21 heavy (non-hydrogen) atoms. The molecule has 0 aliphatic rings. The molecule has 0 radical (unpaired) electrons. The summed E-state index contributed by atoms with van der Waals surface area (Å²) in [6.07, 6.45) is 1.51. The van der Waals surface area contributed by atoms with Gasteiger partial charge in [0.15, 0.2) is 11.5 Å². The lowest BCUT2D eigenvalue weighted by Gasteiger charge is -2.09. The van der Waals surface area contributed by atoms with Gasteiger partial charge < -0.3 is 9.47 Å². The van der Waals surface area contributed by atoms with Crippen molar-refractivity contribution in [1.82, 2.24) is 0 Å². The highest BCUT2D eigenvalue weighted by Crippen LogP contribution is 2.31. The number of methoxy groups -OCH3 is 2. The van der Waals surface area contributed by atoms with Crippen molar-refractivity contribution < 1.29 is 13.9 Å². The van der Waals surface area contributed by atoms with Crippen molar-refractivity contribution in [3.63, 3.8) is 0 Å². The lowest BCUT2D eigenvalue weighted by molar-refractivity contribution is 0.355. The molecule has 0 aromatic heterocycles. The van der Waals surface area contributed by atoms with E-state index in [-0.39, 0.29) is 5.82 Å². The fourth-order valence-electron chi connectivity index (χ4n) is 1.93. The normalized spacial score (nSPS) is 10.9. The van der Waals surface area contributed by atoms with Crippen LogP contribution in [0.2, 0.25) is 0 Å². The third-order valence-electron chi connectivity index (χ3n) is 3.02. The second-order valence-corrected chi connectivity index (χ2v) is 4.26. The number of rotatable bonds is 4. The second kappa shape index (κ2) is 6.58. The smallest absolute Gasteiger partial charge is 0.161 e. The molecule has 0 bridgehead atoms. The van der Waals surface area contributed by atoms with E-state index in [1.54, 1.807) is 36.4 Å². The van der Waals surface area contributed by atoms with E-state index in [2.05, 4.69) is 6.07 Å². The summed E-state index contributed by atoms with van der Waals surface area (Å²) in [5, 5.41) is 9.31. The maximum absolute atomic E-state index is 13.7. The number of allylic oxidation sites excluding steroid dienone is 1. The van der Waals surface area contributed by atoms with Gasteiger partial charge in [-0.05, 0) is 35.9 Å². The molecule has 0 amide bonds. The van der Waals surface area contributed by atoms with Gasteiger partial charge in [0.2, 0.25) is 0 Å². The molecule has 0 spiro atoms. The lowest BCUT2D eigenvalue weighted by atomic mass is 10.0. The minimum Gasteiger partial charge on any atom is -0.493 e. The number of hydrogen-bond acceptors (Lipinski definition) is 3. The van der Waals surface area contributed by atoms with Crippen LogP contribution in [0.1, 0.15) is 11.1 Å². The topological polar surface area (TPSA) is 42.2 Å². The van der Waals surface area contributed by atoms with Gasteiger partial charge in [-0.2, -0.15) is 5.26 Å². The number of hydrogen-bond donors (Lipinski definition) is 0. The van der Waals surface area contributed by atoms with E-state index in [0.717, 1.165) is 0 Å². The summed E-state index contributed by atoms with van der Waals surface area (Å²) in [7, 11) is 3.06. The first-order chi connectivity index (χ1) is 10.2. The third-order valence-corrected chi connectivity index (χ3v) is 3.02. The van der Waals surface area contributed by atoms with Gasteiger partial charge in [0.05, 0.1) is 25.9 Å². The first-order valence-corrected chi connectivity index (χ1v) is 6.28. The van der Waals surface area contributed by atoms with E-state index in [1.807, 2.05) is 0 Å². The Morgan fingerprint density at radius 2 is 1.81 bits per heavy atom. The predicted octanol–water partition coefficient (Wildman–Crippen LogP) is 3.91. The molecule has 0 N–H and O–H groups in total. The van der Waals surface area contributed by atoms with Crippen LogP contribution in [0.25, 0.3) is 11.6 Å². The molecule has 0 aliphatic heterocycles. The third kappa shape index (κ3) is 3.21. The molecule has 4 heteroatoms. The maximum Gasteiger partial charge on any atom is 0.161 e. The average Bonchev–Trinajstić information content (AvgIpc) is 2.53. The molecular formula is C17H14FNO2. The number of ether oxygens (including phenoxy) is 2. The van der Waals surface area contributed by atoms with Gasteiger partial charge in [0, 0.05) is 5.56 Å². The van der Waals surface area contributed by atoms with Gasteiger partial charge in [0.25, 0.3) is 0 Å². The summed E-state index contributed by atoms with van der Waals surface area (Å²) in [4.78, 5) is 0. The molecule has 2 rings (SSSR count). The van der Waals surface area contributed by atoms with E-state index >= 15 is 0 Å². The number of halogens is 1. The first kappa shape index (κ1) is 14.6. The van der Waals surface area contributed by atoms with Gasteiger partial charge >= 0.3 is 0 Å². The largest absolute Gasteiger partial charge is 0.493 e. The van der Waals surface area contributed by atoms with Crippen LogP contribution < -0.4 is 9.47 Å². The summed E-state index contributed by atoms with van der Waals surface area (Å²) in [5.74, 6) is 0.722. The Balaban J connectivity index is 2.48. The van der Waals surface area contributed by atoms with Crippen LogP contribution in [-0.4, -0.2) is 14.2 Å². The quantitative estimate of drug-likeness (QED) is 0.631. The van der Waals surface area contributed by atoms with Crippen LogP contribution >= 0.6 is 0 Å². The van der Waals surface area contributed by atoms with Crippen molar-refractivity contribution in [2.24, 2.45) is 0 Å². The zero-order valence-electron chi connectivity index (χ0n) is 11.8. The van der Waals surface area contributed by atoms with E-state index in [1.165, 1.54) is 26.4 Å². The van der Waals surface area contributed by atoms with Gasteiger partial charge in [0.1, 0.15) is 5.82 Å². The Labute approximate surface area is 122 Å². The summed E-state index contributed by atoms with van der Waals surface area (Å²) in [6, 6.07) is 13.5. The molecule has 0 unspecified atom stereocenters. The van der Waals surface area contributed by atoms with Crippen molar-refractivity contribution in [2.45, 2.75) is 0 Å². The Kier molecular flexibility index (Phi) is 4.57. The van der Waals surface area contributed by atoms with Crippen LogP contribution in [0, 0.1) is 17.1 Å². The fourth-order valence-corrected chi connectivity index (χ4v) is 1.93. The molecular weight excluding hydrogens is 269 g/mol. The van der Waals surface area contributed by atoms with Gasteiger partial charge in [-0.15, -0.1) is 0 Å². The van der Waals surface area contributed by atoms with E-state index in [9.17, 15) is 9.65 Å². The Bertz CT molecular complexity index is 717. The highest BCUT2D eigenvalue weighted by atomic mass is 19.1. The van der Waals surface area contributed by atoms with Gasteiger partial charge in [-0.3, -0.25) is 0 Å². The van der Waals surface area contributed by atoms with E-state index in [0.29, 0.717) is 28.2 Å². The van der Waals surface area contributed by atoms with E-state index in [4.69, 9.17) is 9.47 Å². The fraction of sp³-hybridized carbons (Fsp3) is 0.118. The van der Waals surface area contributed by atoms with Gasteiger partial charge in [-0.25, -0.2) is 4.39 Å². The summed E-state index contributed by atoms with van der Waals surface area (Å²) in [6.45, 7) is 0. The highest BCUT2D eigenvalue weighted by molar-refractivity contribution is 5.90. The Morgan fingerprint density at radius 1 is 1.10 bits per heavy atom. The van der Waals surface area contributed by atoms with Crippen LogP contribution in [0.4, 0.5) is 4.39 Å². The van der Waals surface area contributed by atoms with Crippen LogP contribution in [-0.2, 0) is 0 Å².